The first-order chi connectivity index (χ1) is 9.53. The summed E-state index contributed by atoms with van der Waals surface area (Å²) >= 11 is 0. The van der Waals surface area contributed by atoms with Gasteiger partial charge in [-0.1, -0.05) is 25.7 Å². The van der Waals surface area contributed by atoms with Gasteiger partial charge in [-0.25, -0.2) is 13.1 Å². The van der Waals surface area contributed by atoms with E-state index >= 15 is 0 Å². The van der Waals surface area contributed by atoms with E-state index in [1.165, 1.54) is 31.7 Å². The van der Waals surface area contributed by atoms with E-state index in [4.69, 9.17) is 9.52 Å². The maximum atomic E-state index is 12.1. The van der Waals surface area contributed by atoms with Gasteiger partial charge >= 0.3 is 0 Å². The Morgan fingerprint density at radius 3 is 2.70 bits per heavy atom. The summed E-state index contributed by atoms with van der Waals surface area (Å²) in [5.41, 5.74) is 0. The number of hydrogen-bond acceptors (Lipinski definition) is 4. The lowest BCUT2D eigenvalue weighted by Crippen LogP contribution is -2.25. The highest BCUT2D eigenvalue weighted by Crippen LogP contribution is 2.28. The summed E-state index contributed by atoms with van der Waals surface area (Å²) in [6.45, 7) is 1.75. The minimum atomic E-state index is -3.53. The van der Waals surface area contributed by atoms with Crippen LogP contribution in [0.15, 0.2) is 15.4 Å². The molecule has 0 radical (unpaired) electrons. The second kappa shape index (κ2) is 6.74. The molecule has 6 heteroatoms. The van der Waals surface area contributed by atoms with Crippen LogP contribution in [0, 0.1) is 12.8 Å². The number of aliphatic hydroxyl groups excluding tert-OH is 1. The fourth-order valence-corrected chi connectivity index (χ4v) is 4.12. The summed E-state index contributed by atoms with van der Waals surface area (Å²) in [5.74, 6) is 1.36. The third-order valence-corrected chi connectivity index (χ3v) is 5.49. The van der Waals surface area contributed by atoms with Crippen LogP contribution in [0.3, 0.4) is 0 Å². The summed E-state index contributed by atoms with van der Waals surface area (Å²) in [7, 11) is -3.53. The van der Waals surface area contributed by atoms with Gasteiger partial charge in [-0.15, -0.1) is 0 Å². The molecule has 1 aromatic heterocycles. The Bertz CT molecular complexity index is 529. The monoisotopic (exact) mass is 301 g/mol. The minimum Gasteiger partial charge on any atom is -0.462 e. The van der Waals surface area contributed by atoms with Gasteiger partial charge in [0.1, 0.15) is 23.0 Å². The van der Waals surface area contributed by atoms with Crippen LogP contribution in [0.5, 0.6) is 0 Å². The Morgan fingerprint density at radius 2 is 2.10 bits per heavy atom. The zero-order valence-electron chi connectivity index (χ0n) is 11.9. The van der Waals surface area contributed by atoms with Crippen LogP contribution in [-0.4, -0.2) is 20.1 Å². The molecule has 0 aromatic carbocycles. The van der Waals surface area contributed by atoms with Crippen LogP contribution in [-0.2, 0) is 16.6 Å². The van der Waals surface area contributed by atoms with Gasteiger partial charge in [0.2, 0.25) is 10.0 Å². The summed E-state index contributed by atoms with van der Waals surface area (Å²) in [5, 5.41) is 8.97. The number of aryl methyl sites for hydroxylation is 1. The van der Waals surface area contributed by atoms with E-state index in [2.05, 4.69) is 4.72 Å². The molecular weight excluding hydrogens is 278 g/mol. The van der Waals surface area contributed by atoms with Crippen molar-refractivity contribution in [1.29, 1.82) is 0 Å². The molecule has 1 aliphatic carbocycles. The van der Waals surface area contributed by atoms with Crippen LogP contribution in [0.25, 0.3) is 0 Å². The maximum Gasteiger partial charge on any atom is 0.244 e. The van der Waals surface area contributed by atoms with E-state index in [-0.39, 0.29) is 17.3 Å². The average molecular weight is 301 g/mol. The Kier molecular flexibility index (Phi) is 5.23. The third-order valence-electron chi connectivity index (χ3n) is 3.92. The third kappa shape index (κ3) is 3.84. The Labute approximate surface area is 120 Å². The molecule has 2 N–H and O–H groups in total. The van der Waals surface area contributed by atoms with Gasteiger partial charge in [0, 0.05) is 12.6 Å². The second-order valence-corrected chi connectivity index (χ2v) is 7.22. The van der Waals surface area contributed by atoms with Gasteiger partial charge in [-0.2, -0.15) is 0 Å². The van der Waals surface area contributed by atoms with Crippen LogP contribution in [0.2, 0.25) is 0 Å². The van der Waals surface area contributed by atoms with Crippen LogP contribution in [0.1, 0.15) is 50.0 Å². The highest BCUT2D eigenvalue weighted by molar-refractivity contribution is 7.89. The highest BCUT2D eigenvalue weighted by atomic mass is 32.2. The molecule has 1 heterocycles. The lowest BCUT2D eigenvalue weighted by atomic mass is 10.0. The lowest BCUT2D eigenvalue weighted by molar-refractivity contribution is 0.244. The highest BCUT2D eigenvalue weighted by Gasteiger charge is 2.21. The van der Waals surface area contributed by atoms with E-state index < -0.39 is 10.0 Å². The number of rotatable bonds is 7. The maximum absolute atomic E-state index is 12.1. The summed E-state index contributed by atoms with van der Waals surface area (Å²) in [4.78, 5) is 0.127. The molecule has 1 fully saturated rings. The molecule has 114 valence electrons. The van der Waals surface area contributed by atoms with Crippen LogP contribution < -0.4 is 4.72 Å². The number of sulfonamides is 1. The van der Waals surface area contributed by atoms with Crippen LogP contribution in [0.4, 0.5) is 0 Å². The summed E-state index contributed by atoms with van der Waals surface area (Å²) in [6.07, 6.45) is 7.16. The SMILES string of the molecule is Cc1oc(CO)cc1S(=O)(=O)NCCCC1CCCC1. The molecule has 5 nitrogen and oxygen atoms in total. The molecule has 20 heavy (non-hydrogen) atoms. The van der Waals surface area contributed by atoms with Crippen molar-refractivity contribution < 1.29 is 17.9 Å². The molecule has 1 aromatic rings. The first-order valence-electron chi connectivity index (χ1n) is 7.23. The van der Waals surface area contributed by atoms with E-state index in [1.807, 2.05) is 0 Å². The first kappa shape index (κ1) is 15.5. The molecule has 0 unspecified atom stereocenters. The normalized spacial score (nSPS) is 16.9. The number of aliphatic hydroxyl groups is 1. The molecule has 1 saturated carbocycles. The zero-order chi connectivity index (χ0) is 14.6. The van der Waals surface area contributed by atoms with E-state index in [0.29, 0.717) is 12.3 Å². The van der Waals surface area contributed by atoms with Crippen molar-refractivity contribution in [3.05, 3.63) is 17.6 Å². The molecular formula is C14H23NO4S. The van der Waals surface area contributed by atoms with Gasteiger partial charge in [-0.3, -0.25) is 0 Å². The van der Waals surface area contributed by atoms with Gasteiger partial charge < -0.3 is 9.52 Å². The Morgan fingerprint density at radius 1 is 1.40 bits per heavy atom. The molecule has 2 rings (SSSR count). The van der Waals surface area contributed by atoms with Crippen molar-refractivity contribution in [1.82, 2.24) is 4.72 Å². The molecule has 1 aliphatic rings. The molecule has 0 amide bonds. The molecule has 0 bridgehead atoms. The van der Waals surface area contributed by atoms with Gasteiger partial charge in [0.25, 0.3) is 0 Å². The topological polar surface area (TPSA) is 79.5 Å². The largest absolute Gasteiger partial charge is 0.462 e. The zero-order valence-corrected chi connectivity index (χ0v) is 12.7. The smallest absolute Gasteiger partial charge is 0.244 e. The number of hydrogen-bond donors (Lipinski definition) is 2. The van der Waals surface area contributed by atoms with Gasteiger partial charge in [0.15, 0.2) is 0 Å². The quantitative estimate of drug-likeness (QED) is 0.758. The lowest BCUT2D eigenvalue weighted by Gasteiger charge is -2.09. The molecule has 0 atom stereocenters. The minimum absolute atomic E-state index is 0.127. The van der Waals surface area contributed by atoms with Gasteiger partial charge in [0.05, 0.1) is 0 Å². The molecule has 0 aliphatic heterocycles. The van der Waals surface area contributed by atoms with Crippen molar-refractivity contribution in [2.75, 3.05) is 6.54 Å². The fourth-order valence-electron chi connectivity index (χ4n) is 2.84. The molecule has 0 spiro atoms. The predicted molar refractivity (Wildman–Crippen MR) is 75.7 cm³/mol. The average Bonchev–Trinajstić information content (AvgIpc) is 3.04. The van der Waals surface area contributed by atoms with Crippen molar-refractivity contribution >= 4 is 10.0 Å². The summed E-state index contributed by atoms with van der Waals surface area (Å²) < 4.78 is 32.0. The second-order valence-electron chi connectivity index (χ2n) is 5.48. The number of furan rings is 1. The first-order valence-corrected chi connectivity index (χ1v) is 8.71. The van der Waals surface area contributed by atoms with E-state index in [0.717, 1.165) is 18.8 Å². The Balaban J connectivity index is 1.85. The predicted octanol–water partition coefficient (Wildman–Crippen LogP) is 2.33. The molecule has 0 saturated heterocycles. The van der Waals surface area contributed by atoms with Gasteiger partial charge in [-0.05, 0) is 25.7 Å². The standard InChI is InChI=1S/C14H23NO4S/c1-11-14(9-13(10-16)19-11)20(17,18)15-8-4-7-12-5-2-3-6-12/h9,12,15-16H,2-8,10H2,1H3. The van der Waals surface area contributed by atoms with Crippen molar-refractivity contribution in [3.63, 3.8) is 0 Å². The van der Waals surface area contributed by atoms with Crippen molar-refractivity contribution in [2.45, 2.75) is 57.0 Å². The van der Waals surface area contributed by atoms with E-state index in [9.17, 15) is 8.42 Å². The Hall–Kier alpha value is -0.850. The van der Waals surface area contributed by atoms with Crippen molar-refractivity contribution in [3.8, 4) is 0 Å². The fraction of sp³-hybridized carbons (Fsp3) is 0.714. The van der Waals surface area contributed by atoms with Crippen molar-refractivity contribution in [2.24, 2.45) is 5.92 Å². The summed E-state index contributed by atoms with van der Waals surface area (Å²) in [6, 6.07) is 1.38. The number of nitrogens with one attached hydrogen (secondary N) is 1. The van der Waals surface area contributed by atoms with Crippen LogP contribution >= 0.6 is 0 Å². The van der Waals surface area contributed by atoms with E-state index in [1.54, 1.807) is 6.92 Å².